The van der Waals surface area contributed by atoms with Crippen molar-refractivity contribution in [2.75, 3.05) is 5.32 Å². The Morgan fingerprint density at radius 3 is 2.50 bits per heavy atom. The Morgan fingerprint density at radius 1 is 1.20 bits per heavy atom. The lowest BCUT2D eigenvalue weighted by Gasteiger charge is -2.10. The third-order valence-electron chi connectivity index (χ3n) is 2.93. The van der Waals surface area contributed by atoms with Crippen molar-refractivity contribution in [3.05, 3.63) is 62.2 Å². The van der Waals surface area contributed by atoms with Crippen molar-refractivity contribution in [3.63, 3.8) is 0 Å². The number of amides is 1. The second-order valence-electron chi connectivity index (χ2n) is 4.62. The van der Waals surface area contributed by atoms with E-state index in [2.05, 4.69) is 5.32 Å². The molecule has 0 saturated carbocycles. The maximum Gasteiger partial charge on any atom is 0.336 e. The SMILES string of the molecule is Cc1ccc(NC(=O)c2c(C)cc(=O)oc2C)c(Cl)c1. The first kappa shape index (κ1) is 14.3. The van der Waals surface area contributed by atoms with Crippen LogP contribution in [0.2, 0.25) is 5.02 Å². The van der Waals surface area contributed by atoms with Crippen LogP contribution in [0.3, 0.4) is 0 Å². The molecule has 20 heavy (non-hydrogen) atoms. The van der Waals surface area contributed by atoms with E-state index in [-0.39, 0.29) is 11.7 Å². The first-order chi connectivity index (χ1) is 9.38. The van der Waals surface area contributed by atoms with E-state index in [4.69, 9.17) is 16.0 Å². The largest absolute Gasteiger partial charge is 0.427 e. The van der Waals surface area contributed by atoms with E-state index in [0.717, 1.165) is 5.56 Å². The molecular weight excluding hydrogens is 278 g/mol. The zero-order chi connectivity index (χ0) is 14.9. The van der Waals surface area contributed by atoms with E-state index < -0.39 is 5.63 Å². The van der Waals surface area contributed by atoms with Crippen LogP contribution < -0.4 is 10.9 Å². The molecule has 2 rings (SSSR count). The summed E-state index contributed by atoms with van der Waals surface area (Å²) in [4.78, 5) is 23.5. The van der Waals surface area contributed by atoms with Crippen LogP contribution in [0, 0.1) is 20.8 Å². The van der Waals surface area contributed by atoms with E-state index in [1.54, 1.807) is 26.0 Å². The van der Waals surface area contributed by atoms with Crippen molar-refractivity contribution in [1.29, 1.82) is 0 Å². The number of halogens is 1. The fourth-order valence-electron chi connectivity index (χ4n) is 2.00. The van der Waals surface area contributed by atoms with E-state index >= 15 is 0 Å². The molecule has 5 heteroatoms. The molecule has 0 atom stereocenters. The molecule has 0 spiro atoms. The highest BCUT2D eigenvalue weighted by atomic mass is 35.5. The van der Waals surface area contributed by atoms with Crippen LogP contribution in [0.15, 0.2) is 33.5 Å². The Hall–Kier alpha value is -2.07. The van der Waals surface area contributed by atoms with E-state index in [1.807, 2.05) is 13.0 Å². The van der Waals surface area contributed by atoms with Crippen LogP contribution in [0.1, 0.15) is 27.2 Å². The minimum Gasteiger partial charge on any atom is -0.427 e. The van der Waals surface area contributed by atoms with Crippen molar-refractivity contribution in [1.82, 2.24) is 0 Å². The van der Waals surface area contributed by atoms with E-state index in [9.17, 15) is 9.59 Å². The second kappa shape index (κ2) is 5.51. The van der Waals surface area contributed by atoms with Crippen LogP contribution in [0.25, 0.3) is 0 Å². The highest BCUT2D eigenvalue weighted by Gasteiger charge is 2.16. The lowest BCUT2D eigenvalue weighted by atomic mass is 10.1. The Bertz CT molecular complexity index is 708. The first-order valence-corrected chi connectivity index (χ1v) is 6.45. The fraction of sp³-hybridized carbons (Fsp3) is 0.200. The topological polar surface area (TPSA) is 59.3 Å². The second-order valence-corrected chi connectivity index (χ2v) is 5.02. The van der Waals surface area contributed by atoms with Crippen molar-refractivity contribution in [3.8, 4) is 0 Å². The molecule has 4 nitrogen and oxygen atoms in total. The number of hydrogen-bond donors (Lipinski definition) is 1. The molecule has 0 aliphatic rings. The molecule has 0 aliphatic heterocycles. The number of carbonyl (C=O) groups is 1. The molecule has 1 heterocycles. The Balaban J connectivity index is 2.36. The lowest BCUT2D eigenvalue weighted by Crippen LogP contribution is -2.17. The predicted molar refractivity (Wildman–Crippen MR) is 78.6 cm³/mol. The van der Waals surface area contributed by atoms with Gasteiger partial charge in [-0.2, -0.15) is 0 Å². The summed E-state index contributed by atoms with van der Waals surface area (Å²) in [5, 5.41) is 3.19. The van der Waals surface area contributed by atoms with Crippen LogP contribution in [0.5, 0.6) is 0 Å². The molecule has 1 aromatic heterocycles. The van der Waals surface area contributed by atoms with Crippen molar-refractivity contribution in [2.24, 2.45) is 0 Å². The molecular formula is C15H14ClNO3. The predicted octanol–water partition coefficient (Wildman–Crippen LogP) is 3.47. The molecule has 104 valence electrons. The quantitative estimate of drug-likeness (QED) is 0.921. The number of rotatable bonds is 2. The Morgan fingerprint density at radius 2 is 1.90 bits per heavy atom. The van der Waals surface area contributed by atoms with Crippen molar-refractivity contribution in [2.45, 2.75) is 20.8 Å². The monoisotopic (exact) mass is 291 g/mol. The number of nitrogens with one attached hydrogen (secondary N) is 1. The van der Waals surface area contributed by atoms with Gasteiger partial charge in [0.15, 0.2) is 0 Å². The van der Waals surface area contributed by atoms with Crippen LogP contribution in [-0.4, -0.2) is 5.91 Å². The average Bonchev–Trinajstić information content (AvgIpc) is 2.31. The highest BCUT2D eigenvalue weighted by molar-refractivity contribution is 6.34. The molecule has 2 aromatic rings. The van der Waals surface area contributed by atoms with Gasteiger partial charge in [-0.05, 0) is 44.0 Å². The molecule has 1 amide bonds. The molecule has 0 fully saturated rings. The first-order valence-electron chi connectivity index (χ1n) is 6.07. The summed E-state index contributed by atoms with van der Waals surface area (Å²) in [6.45, 7) is 5.19. The van der Waals surface area contributed by atoms with Crippen LogP contribution in [-0.2, 0) is 0 Å². The molecule has 0 saturated heterocycles. The number of anilines is 1. The summed E-state index contributed by atoms with van der Waals surface area (Å²) >= 11 is 6.08. The van der Waals surface area contributed by atoms with Gasteiger partial charge in [-0.3, -0.25) is 4.79 Å². The number of aryl methyl sites for hydroxylation is 3. The summed E-state index contributed by atoms with van der Waals surface area (Å²) in [7, 11) is 0. The van der Waals surface area contributed by atoms with Gasteiger partial charge in [-0.15, -0.1) is 0 Å². The van der Waals surface area contributed by atoms with Crippen molar-refractivity contribution < 1.29 is 9.21 Å². The van der Waals surface area contributed by atoms with E-state index in [0.29, 0.717) is 21.8 Å². The fourth-order valence-corrected chi connectivity index (χ4v) is 2.29. The standard InChI is InChI=1S/C15H14ClNO3/c1-8-4-5-12(11(16)6-8)17-15(19)14-9(2)7-13(18)20-10(14)3/h4-7H,1-3H3,(H,17,19). The van der Waals surface area contributed by atoms with Gasteiger partial charge in [0.05, 0.1) is 16.3 Å². The van der Waals surface area contributed by atoms with Gasteiger partial charge in [0.2, 0.25) is 0 Å². The third-order valence-corrected chi connectivity index (χ3v) is 3.25. The summed E-state index contributed by atoms with van der Waals surface area (Å²) in [5.74, 6) is -0.0646. The van der Waals surface area contributed by atoms with Gasteiger partial charge < -0.3 is 9.73 Å². The normalized spacial score (nSPS) is 10.4. The van der Waals surface area contributed by atoms with Crippen molar-refractivity contribution >= 4 is 23.2 Å². The Kier molecular flexibility index (Phi) is 3.95. The summed E-state index contributed by atoms with van der Waals surface area (Å²) in [6.07, 6.45) is 0. The number of benzene rings is 1. The zero-order valence-electron chi connectivity index (χ0n) is 11.4. The minimum atomic E-state index is -0.468. The van der Waals surface area contributed by atoms with Crippen LogP contribution >= 0.6 is 11.6 Å². The average molecular weight is 292 g/mol. The summed E-state index contributed by atoms with van der Waals surface area (Å²) in [5.41, 5.74) is 1.98. The molecule has 0 radical (unpaired) electrons. The van der Waals surface area contributed by atoms with Gasteiger partial charge in [0.1, 0.15) is 5.76 Å². The van der Waals surface area contributed by atoms with Gasteiger partial charge in [0, 0.05) is 6.07 Å². The van der Waals surface area contributed by atoms with Gasteiger partial charge in [0.25, 0.3) is 5.91 Å². The zero-order valence-corrected chi connectivity index (χ0v) is 12.2. The summed E-state index contributed by atoms with van der Waals surface area (Å²) in [6, 6.07) is 6.65. The van der Waals surface area contributed by atoms with Gasteiger partial charge >= 0.3 is 5.63 Å². The molecule has 1 aromatic carbocycles. The molecule has 0 unspecified atom stereocenters. The highest BCUT2D eigenvalue weighted by Crippen LogP contribution is 2.24. The number of hydrogen-bond acceptors (Lipinski definition) is 3. The molecule has 1 N–H and O–H groups in total. The van der Waals surface area contributed by atoms with E-state index in [1.165, 1.54) is 6.07 Å². The summed E-state index contributed by atoms with van der Waals surface area (Å²) < 4.78 is 4.95. The van der Waals surface area contributed by atoms with Crippen LogP contribution in [0.4, 0.5) is 5.69 Å². The maximum absolute atomic E-state index is 12.3. The van der Waals surface area contributed by atoms with Gasteiger partial charge in [-0.25, -0.2) is 4.79 Å². The van der Waals surface area contributed by atoms with Gasteiger partial charge in [-0.1, -0.05) is 17.7 Å². The molecule has 0 aliphatic carbocycles. The lowest BCUT2D eigenvalue weighted by molar-refractivity contribution is 0.102. The molecule has 0 bridgehead atoms. The maximum atomic E-state index is 12.3. The smallest absolute Gasteiger partial charge is 0.336 e. The Labute approximate surface area is 121 Å². The number of carbonyl (C=O) groups excluding carboxylic acids is 1. The third kappa shape index (κ3) is 2.91. The minimum absolute atomic E-state index is 0.288.